The number of carbonyl (C=O) groups excluding carboxylic acids is 3. The van der Waals surface area contributed by atoms with E-state index < -0.39 is 0 Å². The lowest BCUT2D eigenvalue weighted by Gasteiger charge is -2.20. The van der Waals surface area contributed by atoms with Crippen LogP contribution in [0.4, 0.5) is 5.69 Å². The minimum absolute atomic E-state index is 0. The van der Waals surface area contributed by atoms with Crippen molar-refractivity contribution in [1.82, 2.24) is 20.1 Å². The first-order valence-electron chi connectivity index (χ1n) is 10.6. The molecule has 8 nitrogen and oxygen atoms in total. The van der Waals surface area contributed by atoms with Gasteiger partial charge in [0.15, 0.2) is 5.01 Å². The van der Waals surface area contributed by atoms with E-state index >= 15 is 0 Å². The summed E-state index contributed by atoms with van der Waals surface area (Å²) in [7, 11) is 5.35. The van der Waals surface area contributed by atoms with E-state index in [4.69, 9.17) is 11.6 Å². The number of halogens is 2. The molecule has 0 bridgehead atoms. The molecule has 0 atom stereocenters. The van der Waals surface area contributed by atoms with E-state index in [2.05, 4.69) is 20.5 Å². The number of aromatic nitrogens is 1. The van der Waals surface area contributed by atoms with Crippen LogP contribution in [0, 0.1) is 0 Å². The Morgan fingerprint density at radius 2 is 1.91 bits per heavy atom. The number of rotatable bonds is 6. The molecule has 1 aromatic carbocycles. The van der Waals surface area contributed by atoms with Crippen molar-refractivity contribution < 1.29 is 14.4 Å². The van der Waals surface area contributed by atoms with Crippen molar-refractivity contribution in [2.75, 3.05) is 33.0 Å². The highest BCUT2D eigenvalue weighted by Crippen LogP contribution is 2.27. The summed E-state index contributed by atoms with van der Waals surface area (Å²) in [6.07, 6.45) is 0.812. The van der Waals surface area contributed by atoms with Crippen LogP contribution in [0.5, 0.6) is 0 Å². The average Bonchev–Trinajstić information content (AvgIpc) is 3.43. The molecule has 3 amide bonds. The SMILES string of the molecule is CN1CCc2nc(C(=O)Nc3cccc(C(=O)N(C)C)c3CNC(=O)c3ccc(Cl)s3)sc2C1.Cl. The first-order valence-corrected chi connectivity index (χ1v) is 12.6. The maximum Gasteiger partial charge on any atom is 0.284 e. The van der Waals surface area contributed by atoms with Crippen molar-refractivity contribution in [2.45, 2.75) is 19.5 Å². The summed E-state index contributed by atoms with van der Waals surface area (Å²) in [4.78, 5) is 48.2. The highest BCUT2D eigenvalue weighted by molar-refractivity contribution is 7.18. The van der Waals surface area contributed by atoms with Gasteiger partial charge in [-0.15, -0.1) is 35.1 Å². The highest BCUT2D eigenvalue weighted by Gasteiger charge is 2.23. The zero-order valence-electron chi connectivity index (χ0n) is 19.4. The van der Waals surface area contributed by atoms with Gasteiger partial charge >= 0.3 is 0 Å². The number of benzene rings is 1. The predicted octanol–water partition coefficient (Wildman–Crippen LogP) is 4.15. The van der Waals surface area contributed by atoms with Gasteiger partial charge in [0.25, 0.3) is 17.7 Å². The van der Waals surface area contributed by atoms with Crippen molar-refractivity contribution in [3.05, 3.63) is 66.3 Å². The van der Waals surface area contributed by atoms with E-state index in [1.165, 1.54) is 27.6 Å². The molecule has 186 valence electrons. The third kappa shape index (κ3) is 6.20. The number of hydrogen-bond acceptors (Lipinski definition) is 7. The number of likely N-dealkylation sites (N-methyl/N-ethyl adjacent to an activating group) is 1. The molecule has 0 saturated heterocycles. The van der Waals surface area contributed by atoms with Gasteiger partial charge in [0.2, 0.25) is 0 Å². The monoisotopic (exact) mass is 553 g/mol. The van der Waals surface area contributed by atoms with Gasteiger partial charge in [-0.25, -0.2) is 4.98 Å². The number of hydrogen-bond donors (Lipinski definition) is 2. The average molecular weight is 555 g/mol. The Labute approximate surface area is 222 Å². The van der Waals surface area contributed by atoms with Gasteiger partial charge in [-0.1, -0.05) is 17.7 Å². The minimum Gasteiger partial charge on any atom is -0.347 e. The summed E-state index contributed by atoms with van der Waals surface area (Å²) in [6.45, 7) is 1.74. The molecule has 4 rings (SSSR count). The Morgan fingerprint density at radius 1 is 1.14 bits per heavy atom. The van der Waals surface area contributed by atoms with Crippen LogP contribution in [0.1, 0.15) is 46.0 Å². The third-order valence-electron chi connectivity index (χ3n) is 5.40. The van der Waals surface area contributed by atoms with Gasteiger partial charge in [0, 0.05) is 61.8 Å². The van der Waals surface area contributed by atoms with E-state index in [0.29, 0.717) is 31.0 Å². The normalized spacial score (nSPS) is 12.9. The molecule has 35 heavy (non-hydrogen) atoms. The third-order valence-corrected chi connectivity index (χ3v) is 7.71. The Morgan fingerprint density at radius 3 is 2.60 bits per heavy atom. The maximum atomic E-state index is 13.1. The molecule has 0 unspecified atom stereocenters. The molecule has 2 aromatic heterocycles. The fourth-order valence-corrected chi connectivity index (χ4v) is 5.67. The number of thiophene rings is 1. The summed E-state index contributed by atoms with van der Waals surface area (Å²) in [5, 5.41) is 6.12. The molecule has 2 N–H and O–H groups in total. The van der Waals surface area contributed by atoms with Gasteiger partial charge in [-0.05, 0) is 31.3 Å². The first-order chi connectivity index (χ1) is 16.2. The Balaban J connectivity index is 0.00000342. The summed E-state index contributed by atoms with van der Waals surface area (Å²) in [5.41, 5.74) is 2.33. The quantitative estimate of drug-likeness (QED) is 0.478. The van der Waals surface area contributed by atoms with Gasteiger partial charge in [-0.3, -0.25) is 14.4 Å². The summed E-state index contributed by atoms with van der Waals surface area (Å²) in [6, 6.07) is 8.40. The van der Waals surface area contributed by atoms with Crippen molar-refractivity contribution >= 4 is 70.1 Å². The van der Waals surface area contributed by atoms with E-state index in [9.17, 15) is 14.4 Å². The predicted molar refractivity (Wildman–Crippen MR) is 142 cm³/mol. The van der Waals surface area contributed by atoms with Crippen molar-refractivity contribution in [2.24, 2.45) is 0 Å². The number of anilines is 1. The molecule has 3 heterocycles. The topological polar surface area (TPSA) is 94.6 Å². The number of nitrogens with one attached hydrogen (secondary N) is 2. The Kier molecular flexibility index (Phi) is 8.89. The molecular weight excluding hydrogens is 529 g/mol. The fraction of sp³-hybridized carbons (Fsp3) is 0.304. The molecule has 0 fully saturated rings. The second-order valence-electron chi connectivity index (χ2n) is 8.15. The summed E-state index contributed by atoms with van der Waals surface area (Å²) >= 11 is 8.50. The molecular formula is C23H25Cl2N5O3S2. The van der Waals surface area contributed by atoms with Crippen LogP contribution >= 0.6 is 46.7 Å². The van der Waals surface area contributed by atoms with Gasteiger partial charge in [0.1, 0.15) is 0 Å². The number of amides is 3. The van der Waals surface area contributed by atoms with E-state index in [1.54, 1.807) is 44.4 Å². The summed E-state index contributed by atoms with van der Waals surface area (Å²) in [5.74, 6) is -0.876. The summed E-state index contributed by atoms with van der Waals surface area (Å²) < 4.78 is 0.513. The van der Waals surface area contributed by atoms with Crippen LogP contribution in [0.25, 0.3) is 0 Å². The molecule has 0 saturated carbocycles. The Hall–Kier alpha value is -2.50. The van der Waals surface area contributed by atoms with Crippen LogP contribution in [0.2, 0.25) is 4.34 Å². The molecule has 0 spiro atoms. The lowest BCUT2D eigenvalue weighted by atomic mass is 10.0. The standard InChI is InChI=1S/C23H24ClN5O3S2.ClH/c1-28(2)23(32)13-5-4-6-15(14(13)11-25-20(30)17-7-8-19(24)33-17)26-21(31)22-27-16-9-10-29(3)12-18(16)34-22;/h4-8H,9-12H2,1-3H3,(H,25,30)(H,26,31);1H. The molecule has 0 radical (unpaired) electrons. The first kappa shape index (κ1) is 27.1. The lowest BCUT2D eigenvalue weighted by Crippen LogP contribution is -2.28. The van der Waals surface area contributed by atoms with Gasteiger partial charge in [-0.2, -0.15) is 0 Å². The fourth-order valence-electron chi connectivity index (χ4n) is 3.62. The van der Waals surface area contributed by atoms with E-state index in [-0.39, 0.29) is 36.7 Å². The Bertz CT molecular complexity index is 1260. The van der Waals surface area contributed by atoms with Crippen molar-refractivity contribution in [3.63, 3.8) is 0 Å². The largest absolute Gasteiger partial charge is 0.347 e. The minimum atomic E-state index is -0.339. The molecule has 1 aliphatic rings. The highest BCUT2D eigenvalue weighted by atomic mass is 35.5. The van der Waals surface area contributed by atoms with Crippen molar-refractivity contribution in [1.29, 1.82) is 0 Å². The van der Waals surface area contributed by atoms with Gasteiger partial charge < -0.3 is 20.4 Å². The van der Waals surface area contributed by atoms with Crippen LogP contribution in [0.3, 0.4) is 0 Å². The van der Waals surface area contributed by atoms with Gasteiger partial charge in [0.05, 0.1) is 14.9 Å². The van der Waals surface area contributed by atoms with E-state index in [1.807, 2.05) is 7.05 Å². The second-order valence-corrected chi connectivity index (χ2v) is 10.9. The van der Waals surface area contributed by atoms with Crippen LogP contribution in [-0.4, -0.2) is 60.2 Å². The van der Waals surface area contributed by atoms with E-state index in [0.717, 1.165) is 30.1 Å². The van der Waals surface area contributed by atoms with Crippen LogP contribution in [-0.2, 0) is 19.5 Å². The number of thiazole rings is 1. The van der Waals surface area contributed by atoms with Crippen LogP contribution < -0.4 is 10.6 Å². The number of fused-ring (bicyclic) bond motifs is 1. The number of nitrogens with zero attached hydrogens (tertiary/aromatic N) is 3. The van der Waals surface area contributed by atoms with Crippen molar-refractivity contribution in [3.8, 4) is 0 Å². The molecule has 12 heteroatoms. The second kappa shape index (κ2) is 11.5. The molecule has 1 aliphatic heterocycles. The molecule has 0 aliphatic carbocycles. The maximum absolute atomic E-state index is 13.1. The number of carbonyl (C=O) groups is 3. The zero-order valence-corrected chi connectivity index (χ0v) is 22.6. The smallest absolute Gasteiger partial charge is 0.284 e. The molecule has 3 aromatic rings. The zero-order chi connectivity index (χ0) is 24.4. The lowest BCUT2D eigenvalue weighted by molar-refractivity contribution is 0.0824. The van der Waals surface area contributed by atoms with Crippen LogP contribution in [0.15, 0.2) is 30.3 Å².